The van der Waals surface area contributed by atoms with Crippen molar-refractivity contribution in [3.05, 3.63) is 71.2 Å². The van der Waals surface area contributed by atoms with Crippen LogP contribution in [0.5, 0.6) is 0 Å². The zero-order chi connectivity index (χ0) is 25.2. The number of hydrogen-bond donors (Lipinski definition) is 1. The summed E-state index contributed by atoms with van der Waals surface area (Å²) >= 11 is 0. The van der Waals surface area contributed by atoms with E-state index in [9.17, 15) is 4.39 Å². The number of hydrogen-bond acceptors (Lipinski definition) is 7. The van der Waals surface area contributed by atoms with Crippen LogP contribution in [-0.4, -0.2) is 51.9 Å². The van der Waals surface area contributed by atoms with Crippen LogP contribution in [0.25, 0.3) is 10.9 Å². The molecule has 4 aromatic rings. The zero-order valence-electron chi connectivity index (χ0n) is 21.1. The zero-order valence-corrected chi connectivity index (χ0v) is 21.1. The second kappa shape index (κ2) is 10.2. The van der Waals surface area contributed by atoms with Crippen molar-refractivity contribution in [3.8, 4) is 0 Å². The maximum Gasteiger partial charge on any atom is 0.250 e. The lowest BCUT2D eigenvalue weighted by atomic mass is 10.1. The third-order valence-electron chi connectivity index (χ3n) is 7.28. The van der Waals surface area contributed by atoms with Crippen molar-refractivity contribution in [2.24, 2.45) is 5.10 Å². The predicted molar refractivity (Wildman–Crippen MR) is 146 cm³/mol. The molecule has 0 atom stereocenters. The van der Waals surface area contributed by atoms with E-state index < -0.39 is 0 Å². The highest BCUT2D eigenvalue weighted by Crippen LogP contribution is 2.26. The molecule has 0 radical (unpaired) electrons. The highest BCUT2D eigenvalue weighted by Gasteiger charge is 2.21. The number of aromatic nitrogens is 4. The van der Waals surface area contributed by atoms with Crippen LogP contribution in [0.15, 0.2) is 53.6 Å². The predicted octanol–water partition coefficient (Wildman–Crippen LogP) is 4.97. The minimum Gasteiger partial charge on any atom is -0.341 e. The first kappa shape index (κ1) is 23.4. The molecular formula is C28H31FN8. The van der Waals surface area contributed by atoms with Gasteiger partial charge in [-0.2, -0.15) is 20.1 Å². The van der Waals surface area contributed by atoms with E-state index in [-0.39, 0.29) is 5.82 Å². The normalized spacial score (nSPS) is 15.9. The van der Waals surface area contributed by atoms with Crippen LogP contribution in [0.2, 0.25) is 0 Å². The Kier molecular flexibility index (Phi) is 6.42. The van der Waals surface area contributed by atoms with E-state index in [1.54, 1.807) is 0 Å². The molecule has 2 aromatic carbocycles. The third kappa shape index (κ3) is 4.85. The molecule has 6 rings (SSSR count). The fraction of sp³-hybridized carbons (Fsp3) is 0.357. The van der Waals surface area contributed by atoms with Crippen molar-refractivity contribution in [2.75, 3.05) is 41.4 Å². The number of nitrogens with zero attached hydrogens (tertiary/aromatic N) is 7. The van der Waals surface area contributed by atoms with Gasteiger partial charge in [-0.05, 0) is 56.4 Å². The lowest BCUT2D eigenvalue weighted by molar-refractivity contribution is 0.626. The van der Waals surface area contributed by atoms with Gasteiger partial charge in [0, 0.05) is 54.9 Å². The summed E-state index contributed by atoms with van der Waals surface area (Å²) in [5.41, 5.74) is 7.35. The van der Waals surface area contributed by atoms with Gasteiger partial charge in [0.05, 0.1) is 6.21 Å². The first-order chi connectivity index (χ1) is 18.2. The summed E-state index contributed by atoms with van der Waals surface area (Å²) in [6.07, 6.45) is 6.48. The monoisotopic (exact) mass is 498 g/mol. The maximum atomic E-state index is 13.4. The van der Waals surface area contributed by atoms with Gasteiger partial charge < -0.3 is 14.4 Å². The largest absolute Gasteiger partial charge is 0.341 e. The van der Waals surface area contributed by atoms with E-state index in [2.05, 4.69) is 53.9 Å². The van der Waals surface area contributed by atoms with Crippen LogP contribution in [0.3, 0.4) is 0 Å². The average molecular weight is 499 g/mol. The van der Waals surface area contributed by atoms with Crippen LogP contribution < -0.4 is 15.2 Å². The number of halogens is 1. The van der Waals surface area contributed by atoms with Crippen molar-refractivity contribution in [1.82, 2.24) is 19.5 Å². The van der Waals surface area contributed by atoms with E-state index in [1.807, 2.05) is 30.5 Å². The fourth-order valence-electron chi connectivity index (χ4n) is 5.27. The smallest absolute Gasteiger partial charge is 0.250 e. The molecule has 2 fully saturated rings. The Bertz CT molecular complexity index is 1380. The van der Waals surface area contributed by atoms with Gasteiger partial charge in [-0.1, -0.05) is 30.3 Å². The molecule has 0 aliphatic carbocycles. The van der Waals surface area contributed by atoms with E-state index in [0.717, 1.165) is 91.5 Å². The first-order valence-electron chi connectivity index (χ1n) is 13.0. The Morgan fingerprint density at radius 1 is 0.865 bits per heavy atom. The average Bonchev–Trinajstić information content (AvgIpc) is 3.69. The summed E-state index contributed by atoms with van der Waals surface area (Å²) < 4.78 is 15.7. The summed E-state index contributed by atoms with van der Waals surface area (Å²) in [5, 5.41) is 5.67. The van der Waals surface area contributed by atoms with E-state index in [1.165, 1.54) is 12.1 Å². The minimum absolute atomic E-state index is 0.226. The number of nitrogens with one attached hydrogen (secondary N) is 1. The summed E-state index contributed by atoms with van der Waals surface area (Å²) in [5.74, 6) is 1.68. The van der Waals surface area contributed by atoms with Crippen molar-refractivity contribution < 1.29 is 4.39 Å². The van der Waals surface area contributed by atoms with Gasteiger partial charge in [0.2, 0.25) is 17.8 Å². The van der Waals surface area contributed by atoms with Crippen LogP contribution in [0, 0.1) is 12.7 Å². The van der Waals surface area contributed by atoms with Crippen molar-refractivity contribution in [2.45, 2.75) is 39.2 Å². The van der Waals surface area contributed by atoms with Gasteiger partial charge in [0.25, 0.3) is 0 Å². The Hall–Kier alpha value is -4.01. The molecular weight excluding hydrogens is 467 g/mol. The molecule has 190 valence electrons. The summed E-state index contributed by atoms with van der Waals surface area (Å²) in [7, 11) is 0. The van der Waals surface area contributed by atoms with Crippen LogP contribution >= 0.6 is 0 Å². The Morgan fingerprint density at radius 2 is 1.49 bits per heavy atom. The van der Waals surface area contributed by atoms with E-state index in [4.69, 9.17) is 4.98 Å². The van der Waals surface area contributed by atoms with E-state index in [0.29, 0.717) is 12.5 Å². The quantitative estimate of drug-likeness (QED) is 0.287. The third-order valence-corrected chi connectivity index (χ3v) is 7.28. The lowest BCUT2D eigenvalue weighted by Gasteiger charge is -2.20. The molecule has 0 bridgehead atoms. The molecule has 0 unspecified atom stereocenters. The molecule has 4 heterocycles. The SMILES string of the molecule is Cc1c(/C=N\Nc2nc(N3CCCC3)nc(N3CCCC3)n2)c2ccccc2n1Cc1ccc(F)cc1. The van der Waals surface area contributed by atoms with Gasteiger partial charge >= 0.3 is 0 Å². The second-order valence-electron chi connectivity index (χ2n) is 9.75. The van der Waals surface area contributed by atoms with Crippen LogP contribution in [0.4, 0.5) is 22.2 Å². The molecule has 2 saturated heterocycles. The molecule has 2 aliphatic rings. The van der Waals surface area contributed by atoms with Gasteiger partial charge in [-0.15, -0.1) is 0 Å². The van der Waals surface area contributed by atoms with Crippen LogP contribution in [0.1, 0.15) is 42.5 Å². The lowest BCUT2D eigenvalue weighted by Crippen LogP contribution is -2.25. The van der Waals surface area contributed by atoms with Crippen LogP contribution in [-0.2, 0) is 6.54 Å². The molecule has 9 heteroatoms. The molecule has 8 nitrogen and oxygen atoms in total. The standard InChI is InChI=1S/C28H31FN8/c1-20-24(23-8-2-3-9-25(23)37(20)19-21-10-12-22(29)13-11-21)18-30-34-26-31-27(35-14-4-5-15-35)33-28(32-26)36-16-6-7-17-36/h2-3,8-13,18H,4-7,14-17,19H2,1H3,(H,31,32,33,34)/b30-18-. The topological polar surface area (TPSA) is 74.5 Å². The summed E-state index contributed by atoms with van der Waals surface area (Å²) in [4.78, 5) is 18.6. The fourth-order valence-corrected chi connectivity index (χ4v) is 5.27. The second-order valence-corrected chi connectivity index (χ2v) is 9.75. The highest BCUT2D eigenvalue weighted by molar-refractivity contribution is 6.01. The van der Waals surface area contributed by atoms with Gasteiger partial charge in [0.1, 0.15) is 5.82 Å². The molecule has 0 saturated carbocycles. The molecule has 0 spiro atoms. The molecule has 2 aliphatic heterocycles. The summed E-state index contributed by atoms with van der Waals surface area (Å²) in [6.45, 7) is 6.63. The minimum atomic E-state index is -0.226. The van der Waals surface area contributed by atoms with Gasteiger partial charge in [-0.3, -0.25) is 0 Å². The van der Waals surface area contributed by atoms with Gasteiger partial charge in [0.15, 0.2) is 0 Å². The number of anilines is 3. The Balaban J connectivity index is 1.29. The maximum absolute atomic E-state index is 13.4. The Morgan fingerprint density at radius 3 is 2.14 bits per heavy atom. The number of rotatable bonds is 7. The van der Waals surface area contributed by atoms with Crippen molar-refractivity contribution in [3.63, 3.8) is 0 Å². The highest BCUT2D eigenvalue weighted by atomic mass is 19.1. The molecule has 1 N–H and O–H groups in total. The Labute approximate surface area is 215 Å². The molecule has 0 amide bonds. The molecule has 2 aromatic heterocycles. The first-order valence-corrected chi connectivity index (χ1v) is 13.0. The van der Waals surface area contributed by atoms with Crippen molar-refractivity contribution >= 4 is 35.0 Å². The van der Waals surface area contributed by atoms with Gasteiger partial charge in [-0.25, -0.2) is 9.82 Å². The summed E-state index contributed by atoms with van der Waals surface area (Å²) in [6, 6.07) is 14.9. The van der Waals surface area contributed by atoms with E-state index >= 15 is 0 Å². The number of para-hydroxylation sites is 1. The molecule has 37 heavy (non-hydrogen) atoms. The van der Waals surface area contributed by atoms with Crippen molar-refractivity contribution in [1.29, 1.82) is 0 Å². The number of benzene rings is 2. The number of hydrazone groups is 1. The number of fused-ring (bicyclic) bond motifs is 1.